The van der Waals surface area contributed by atoms with Gasteiger partial charge in [0.15, 0.2) is 5.69 Å². The lowest BCUT2D eigenvalue weighted by Gasteiger charge is -2.23. The molecule has 3 rings (SSSR count). The largest absolute Gasteiger partial charge is 0.435 e. The van der Waals surface area contributed by atoms with Crippen LogP contribution in [0.4, 0.5) is 14.5 Å². The predicted molar refractivity (Wildman–Crippen MR) is 94.2 cm³/mol. The molecule has 26 heavy (non-hydrogen) atoms. The summed E-state index contributed by atoms with van der Waals surface area (Å²) in [5.41, 5.74) is 1.25. The molecule has 1 aromatic carbocycles. The van der Waals surface area contributed by atoms with E-state index < -0.39 is 12.5 Å². The summed E-state index contributed by atoms with van der Waals surface area (Å²) in [5.74, 6) is -0.463. The third kappa shape index (κ3) is 4.67. The molecule has 10 heteroatoms. The Bertz CT molecular complexity index is 750. The molecule has 0 aliphatic carbocycles. The maximum atomic E-state index is 12.4. The van der Waals surface area contributed by atoms with Crippen molar-refractivity contribution < 1.29 is 18.3 Å². The van der Waals surface area contributed by atoms with Crippen LogP contribution in [0.3, 0.4) is 0 Å². The number of benzene rings is 1. The van der Waals surface area contributed by atoms with E-state index in [2.05, 4.69) is 25.7 Å². The van der Waals surface area contributed by atoms with Crippen LogP contribution in [0, 0.1) is 6.92 Å². The maximum Gasteiger partial charge on any atom is 0.387 e. The van der Waals surface area contributed by atoms with Crippen molar-refractivity contribution in [3.63, 3.8) is 0 Å². The predicted octanol–water partition coefficient (Wildman–Crippen LogP) is 2.79. The fourth-order valence-electron chi connectivity index (χ4n) is 2.89. The van der Waals surface area contributed by atoms with Crippen molar-refractivity contribution >= 4 is 24.0 Å². The average molecular weight is 388 g/mol. The number of amides is 1. The molecule has 1 amide bonds. The van der Waals surface area contributed by atoms with Crippen LogP contribution >= 0.6 is 12.4 Å². The molecule has 1 saturated heterocycles. The smallest absolute Gasteiger partial charge is 0.387 e. The summed E-state index contributed by atoms with van der Waals surface area (Å²) in [7, 11) is 0. The van der Waals surface area contributed by atoms with Crippen LogP contribution in [-0.4, -0.2) is 40.6 Å². The van der Waals surface area contributed by atoms with Crippen LogP contribution in [0.15, 0.2) is 24.3 Å². The molecule has 0 unspecified atom stereocenters. The Kier molecular flexibility index (Phi) is 6.87. The summed E-state index contributed by atoms with van der Waals surface area (Å²) in [4.78, 5) is 12.4. The van der Waals surface area contributed by atoms with Gasteiger partial charge in [-0.3, -0.25) is 4.79 Å². The number of hydrogen-bond donors (Lipinski definition) is 2. The van der Waals surface area contributed by atoms with Crippen molar-refractivity contribution in [2.45, 2.75) is 32.4 Å². The zero-order valence-electron chi connectivity index (χ0n) is 14.1. The monoisotopic (exact) mass is 387 g/mol. The number of rotatable bonds is 5. The van der Waals surface area contributed by atoms with Gasteiger partial charge in [-0.1, -0.05) is 11.3 Å². The molecule has 142 valence electrons. The third-order valence-electron chi connectivity index (χ3n) is 4.11. The van der Waals surface area contributed by atoms with Crippen molar-refractivity contribution in [3.05, 3.63) is 35.7 Å². The molecule has 1 fully saturated rings. The number of aromatic nitrogens is 3. The van der Waals surface area contributed by atoms with Gasteiger partial charge in [0.2, 0.25) is 0 Å². The van der Waals surface area contributed by atoms with Crippen molar-refractivity contribution in [1.29, 1.82) is 0 Å². The number of alkyl halides is 2. The highest BCUT2D eigenvalue weighted by Crippen LogP contribution is 2.22. The number of anilines is 1. The first-order valence-electron chi connectivity index (χ1n) is 8.03. The zero-order valence-corrected chi connectivity index (χ0v) is 14.9. The molecule has 2 heterocycles. The van der Waals surface area contributed by atoms with Gasteiger partial charge in [-0.15, -0.1) is 17.5 Å². The quantitative estimate of drug-likeness (QED) is 0.824. The Morgan fingerprint density at radius 2 is 2.12 bits per heavy atom. The molecule has 0 atom stereocenters. The lowest BCUT2D eigenvalue weighted by molar-refractivity contribution is -0.0497. The number of carbonyl (C=O) groups excluding carboxylic acids is 1. The molecule has 1 aliphatic heterocycles. The van der Waals surface area contributed by atoms with Crippen LogP contribution in [0.5, 0.6) is 5.75 Å². The van der Waals surface area contributed by atoms with Gasteiger partial charge in [-0.2, -0.15) is 8.78 Å². The molecule has 0 spiro atoms. The fraction of sp³-hybridized carbons (Fsp3) is 0.438. The van der Waals surface area contributed by atoms with Gasteiger partial charge in [0.25, 0.3) is 5.91 Å². The second-order valence-corrected chi connectivity index (χ2v) is 5.81. The standard InChI is InChI=1S/C16H19F2N5O2.ClH/c1-10-14(21-22-23(10)12-5-7-19-8-6-12)15(24)20-11-3-2-4-13(9-11)25-16(17)18;/h2-4,9,12,16,19H,5-8H2,1H3,(H,20,24);1H. The van der Waals surface area contributed by atoms with Gasteiger partial charge < -0.3 is 15.4 Å². The molecule has 2 N–H and O–H groups in total. The maximum absolute atomic E-state index is 12.4. The molecular formula is C16H20ClF2N5O2. The summed E-state index contributed by atoms with van der Waals surface area (Å²) < 4.78 is 30.7. The minimum atomic E-state index is -2.92. The molecule has 1 aliphatic rings. The van der Waals surface area contributed by atoms with Crippen molar-refractivity contribution in [3.8, 4) is 5.75 Å². The summed E-state index contributed by atoms with van der Waals surface area (Å²) in [5, 5.41) is 14.0. The number of ether oxygens (including phenoxy) is 1. The summed E-state index contributed by atoms with van der Waals surface area (Å²) in [6.45, 7) is 0.691. The number of hydrogen-bond acceptors (Lipinski definition) is 5. The molecule has 0 saturated carbocycles. The van der Waals surface area contributed by atoms with E-state index >= 15 is 0 Å². The SMILES string of the molecule is Cc1c(C(=O)Nc2cccc(OC(F)F)c2)nnn1C1CCNCC1.Cl. The second kappa shape index (κ2) is 8.91. The van der Waals surface area contributed by atoms with Crippen LogP contribution in [0.1, 0.15) is 35.1 Å². The van der Waals surface area contributed by atoms with Crippen molar-refractivity contribution in [2.24, 2.45) is 0 Å². The van der Waals surface area contributed by atoms with E-state index in [0.717, 1.165) is 25.9 Å². The lowest BCUT2D eigenvalue weighted by atomic mass is 10.1. The van der Waals surface area contributed by atoms with Crippen LogP contribution in [-0.2, 0) is 0 Å². The average Bonchev–Trinajstić information content (AvgIpc) is 2.97. The number of nitrogens with one attached hydrogen (secondary N) is 2. The Balaban J connectivity index is 0.00000243. The molecule has 0 radical (unpaired) electrons. The summed E-state index contributed by atoms with van der Waals surface area (Å²) >= 11 is 0. The molecule has 2 aromatic rings. The molecular weight excluding hydrogens is 368 g/mol. The fourth-order valence-corrected chi connectivity index (χ4v) is 2.89. The summed E-state index contributed by atoms with van der Waals surface area (Å²) in [6, 6.07) is 6.05. The van der Waals surface area contributed by atoms with E-state index in [-0.39, 0.29) is 29.9 Å². The van der Waals surface area contributed by atoms with E-state index in [0.29, 0.717) is 11.4 Å². The van der Waals surface area contributed by atoms with Crippen LogP contribution < -0.4 is 15.4 Å². The minimum Gasteiger partial charge on any atom is -0.435 e. The van der Waals surface area contributed by atoms with Crippen molar-refractivity contribution in [2.75, 3.05) is 18.4 Å². The number of nitrogens with zero attached hydrogens (tertiary/aromatic N) is 3. The number of halogens is 3. The van der Waals surface area contributed by atoms with Gasteiger partial charge in [-0.05, 0) is 45.0 Å². The van der Waals surface area contributed by atoms with Gasteiger partial charge in [0.1, 0.15) is 5.75 Å². The van der Waals surface area contributed by atoms with Gasteiger partial charge in [0.05, 0.1) is 11.7 Å². The van der Waals surface area contributed by atoms with Crippen LogP contribution in [0.2, 0.25) is 0 Å². The number of piperidine rings is 1. The normalized spacial score (nSPS) is 14.8. The van der Waals surface area contributed by atoms with E-state index in [1.807, 2.05) is 0 Å². The Hall–Kier alpha value is -2.26. The first-order valence-corrected chi connectivity index (χ1v) is 8.03. The van der Waals surface area contributed by atoms with E-state index in [4.69, 9.17) is 0 Å². The summed E-state index contributed by atoms with van der Waals surface area (Å²) in [6.07, 6.45) is 1.86. The first-order chi connectivity index (χ1) is 12.0. The highest BCUT2D eigenvalue weighted by Gasteiger charge is 2.23. The Morgan fingerprint density at radius 3 is 2.81 bits per heavy atom. The lowest BCUT2D eigenvalue weighted by Crippen LogP contribution is -2.30. The third-order valence-corrected chi connectivity index (χ3v) is 4.11. The first kappa shape index (κ1) is 20.1. The molecule has 0 bridgehead atoms. The Morgan fingerprint density at radius 1 is 1.38 bits per heavy atom. The number of carbonyl (C=O) groups is 1. The van der Waals surface area contributed by atoms with Gasteiger partial charge >= 0.3 is 6.61 Å². The zero-order chi connectivity index (χ0) is 17.8. The van der Waals surface area contributed by atoms with E-state index in [1.165, 1.54) is 18.2 Å². The molecule has 7 nitrogen and oxygen atoms in total. The van der Waals surface area contributed by atoms with Gasteiger partial charge in [-0.25, -0.2) is 4.68 Å². The van der Waals surface area contributed by atoms with Gasteiger partial charge in [0, 0.05) is 11.8 Å². The highest BCUT2D eigenvalue weighted by molar-refractivity contribution is 6.03. The molecule has 1 aromatic heterocycles. The van der Waals surface area contributed by atoms with E-state index in [1.54, 1.807) is 17.7 Å². The minimum absolute atomic E-state index is 0. The van der Waals surface area contributed by atoms with Crippen LogP contribution in [0.25, 0.3) is 0 Å². The second-order valence-electron chi connectivity index (χ2n) is 5.81. The van der Waals surface area contributed by atoms with E-state index in [9.17, 15) is 13.6 Å². The Labute approximate surface area is 155 Å². The topological polar surface area (TPSA) is 81.1 Å². The highest BCUT2D eigenvalue weighted by atomic mass is 35.5. The van der Waals surface area contributed by atoms with Crippen molar-refractivity contribution in [1.82, 2.24) is 20.3 Å².